The van der Waals surface area contributed by atoms with Crippen LogP contribution >= 0.6 is 11.6 Å². The van der Waals surface area contributed by atoms with E-state index >= 15 is 0 Å². The van der Waals surface area contributed by atoms with Crippen LogP contribution in [0.5, 0.6) is 5.75 Å². The van der Waals surface area contributed by atoms with Gasteiger partial charge in [0, 0.05) is 0 Å². The summed E-state index contributed by atoms with van der Waals surface area (Å²) < 4.78 is 7.52. The van der Waals surface area contributed by atoms with Crippen molar-refractivity contribution >= 4 is 22.6 Å². The molecule has 0 fully saturated rings. The minimum atomic E-state index is -0.360. The smallest absolute Gasteiger partial charge is 0.282 e. The van der Waals surface area contributed by atoms with Crippen molar-refractivity contribution < 1.29 is 4.74 Å². The van der Waals surface area contributed by atoms with Gasteiger partial charge < -0.3 is 10.6 Å². The van der Waals surface area contributed by atoms with Crippen molar-refractivity contribution in [3.8, 4) is 11.4 Å². The number of hydrogen-bond donors (Lipinski definition) is 1. The monoisotopic (exact) mass is 291 g/mol. The number of nitrogen functional groups attached to an aromatic ring is 1. The Labute approximate surface area is 118 Å². The Kier molecular flexibility index (Phi) is 2.83. The standard InChI is InChI=1S/C12H10ClN5O2/c1-20-10-3-2-7(4-9(10)13)18-11-8(5-16-18)12(19)17(14)6-15-11/h2-6H,14H2,1H3. The Morgan fingerprint density at radius 3 is 2.90 bits per heavy atom. The number of rotatable bonds is 2. The summed E-state index contributed by atoms with van der Waals surface area (Å²) in [7, 11) is 1.54. The maximum Gasteiger partial charge on any atom is 0.282 e. The number of benzene rings is 1. The first-order chi connectivity index (χ1) is 9.61. The van der Waals surface area contributed by atoms with E-state index in [1.165, 1.54) is 24.3 Å². The highest BCUT2D eigenvalue weighted by Crippen LogP contribution is 2.27. The van der Waals surface area contributed by atoms with Crippen LogP contribution in [-0.4, -0.2) is 26.6 Å². The van der Waals surface area contributed by atoms with Gasteiger partial charge in [-0.2, -0.15) is 5.10 Å². The zero-order chi connectivity index (χ0) is 14.3. The molecule has 0 saturated heterocycles. The van der Waals surface area contributed by atoms with Crippen LogP contribution in [0.3, 0.4) is 0 Å². The highest BCUT2D eigenvalue weighted by atomic mass is 35.5. The molecule has 2 N–H and O–H groups in total. The molecule has 0 bridgehead atoms. The summed E-state index contributed by atoms with van der Waals surface area (Å²) in [5, 5.41) is 4.93. The second-order valence-electron chi connectivity index (χ2n) is 4.07. The number of fused-ring (bicyclic) bond motifs is 1. The number of nitrogens with two attached hydrogens (primary N) is 1. The molecule has 0 aliphatic rings. The molecular formula is C12H10ClN5O2. The van der Waals surface area contributed by atoms with Gasteiger partial charge in [0.25, 0.3) is 5.56 Å². The molecule has 0 radical (unpaired) electrons. The number of nitrogens with zero attached hydrogens (tertiary/aromatic N) is 4. The van der Waals surface area contributed by atoms with Gasteiger partial charge in [-0.25, -0.2) is 14.3 Å². The molecule has 102 valence electrons. The van der Waals surface area contributed by atoms with Gasteiger partial charge in [0.15, 0.2) is 5.65 Å². The summed E-state index contributed by atoms with van der Waals surface area (Å²) in [6.07, 6.45) is 2.67. The van der Waals surface area contributed by atoms with E-state index < -0.39 is 0 Å². The Morgan fingerprint density at radius 2 is 2.20 bits per heavy atom. The van der Waals surface area contributed by atoms with Crippen LogP contribution in [0.4, 0.5) is 0 Å². The Balaban J connectivity index is 2.23. The molecule has 0 atom stereocenters. The lowest BCUT2D eigenvalue weighted by Crippen LogP contribution is -2.26. The quantitative estimate of drug-likeness (QED) is 0.711. The fourth-order valence-corrected chi connectivity index (χ4v) is 2.15. The Hall–Kier alpha value is -2.54. The number of halogens is 1. The average molecular weight is 292 g/mol. The van der Waals surface area contributed by atoms with E-state index in [1.54, 1.807) is 18.2 Å². The van der Waals surface area contributed by atoms with E-state index in [2.05, 4.69) is 10.1 Å². The van der Waals surface area contributed by atoms with Gasteiger partial charge in [-0.15, -0.1) is 0 Å². The highest BCUT2D eigenvalue weighted by molar-refractivity contribution is 6.32. The number of hydrogen-bond acceptors (Lipinski definition) is 5. The maximum atomic E-state index is 11.8. The van der Waals surface area contributed by atoms with Gasteiger partial charge in [-0.1, -0.05) is 11.6 Å². The fourth-order valence-electron chi connectivity index (χ4n) is 1.90. The van der Waals surface area contributed by atoms with E-state index in [4.69, 9.17) is 22.2 Å². The lowest BCUT2D eigenvalue weighted by molar-refractivity contribution is 0.415. The third-order valence-corrected chi connectivity index (χ3v) is 3.19. The largest absolute Gasteiger partial charge is 0.495 e. The molecule has 0 aliphatic heterocycles. The maximum absolute atomic E-state index is 11.8. The number of methoxy groups -OCH3 is 1. The van der Waals surface area contributed by atoms with Crippen molar-refractivity contribution in [1.29, 1.82) is 0 Å². The zero-order valence-electron chi connectivity index (χ0n) is 10.4. The van der Waals surface area contributed by atoms with Crippen LogP contribution < -0.4 is 16.1 Å². The van der Waals surface area contributed by atoms with E-state index in [0.29, 0.717) is 27.5 Å². The van der Waals surface area contributed by atoms with Crippen molar-refractivity contribution in [3.63, 3.8) is 0 Å². The first-order valence-electron chi connectivity index (χ1n) is 5.66. The molecular weight excluding hydrogens is 282 g/mol. The average Bonchev–Trinajstić information content (AvgIpc) is 2.87. The van der Waals surface area contributed by atoms with Crippen molar-refractivity contribution in [2.24, 2.45) is 0 Å². The first-order valence-corrected chi connectivity index (χ1v) is 6.04. The van der Waals surface area contributed by atoms with Crippen LogP contribution in [0.15, 0.2) is 35.5 Å². The van der Waals surface area contributed by atoms with Gasteiger partial charge in [-0.3, -0.25) is 4.79 Å². The lowest BCUT2D eigenvalue weighted by atomic mass is 10.3. The van der Waals surface area contributed by atoms with Gasteiger partial charge in [-0.05, 0) is 18.2 Å². The van der Waals surface area contributed by atoms with Crippen LogP contribution in [0.2, 0.25) is 5.02 Å². The molecule has 0 aliphatic carbocycles. The van der Waals surface area contributed by atoms with Crippen molar-refractivity contribution in [2.75, 3.05) is 13.0 Å². The second-order valence-corrected chi connectivity index (χ2v) is 4.48. The topological polar surface area (TPSA) is 88.0 Å². The molecule has 8 heteroatoms. The molecule has 20 heavy (non-hydrogen) atoms. The minimum absolute atomic E-state index is 0.335. The highest BCUT2D eigenvalue weighted by Gasteiger charge is 2.11. The summed E-state index contributed by atoms with van der Waals surface area (Å²) >= 11 is 6.08. The van der Waals surface area contributed by atoms with Crippen LogP contribution in [0, 0.1) is 0 Å². The summed E-state index contributed by atoms with van der Waals surface area (Å²) in [4.78, 5) is 16.0. The van der Waals surface area contributed by atoms with E-state index in [0.717, 1.165) is 4.68 Å². The third kappa shape index (κ3) is 1.79. The molecule has 0 unspecified atom stereocenters. The summed E-state index contributed by atoms with van der Waals surface area (Å²) in [5.74, 6) is 6.02. The zero-order valence-corrected chi connectivity index (χ0v) is 11.2. The van der Waals surface area contributed by atoms with E-state index in [-0.39, 0.29) is 5.56 Å². The molecule has 3 rings (SSSR count). The lowest BCUT2D eigenvalue weighted by Gasteiger charge is -2.07. The second kappa shape index (κ2) is 4.53. The predicted molar refractivity (Wildman–Crippen MR) is 74.8 cm³/mol. The molecule has 2 aromatic heterocycles. The molecule has 7 nitrogen and oxygen atoms in total. The molecule has 0 amide bonds. The molecule has 0 saturated carbocycles. The van der Waals surface area contributed by atoms with Gasteiger partial charge in [0.1, 0.15) is 17.5 Å². The molecule has 2 heterocycles. The van der Waals surface area contributed by atoms with Crippen LogP contribution in [0.1, 0.15) is 0 Å². The van der Waals surface area contributed by atoms with Crippen LogP contribution in [0.25, 0.3) is 16.7 Å². The predicted octanol–water partition coefficient (Wildman–Crippen LogP) is 0.958. The van der Waals surface area contributed by atoms with E-state index in [9.17, 15) is 4.79 Å². The van der Waals surface area contributed by atoms with Gasteiger partial charge >= 0.3 is 0 Å². The SMILES string of the molecule is COc1ccc(-n2ncc3c(=O)n(N)cnc32)cc1Cl. The normalized spacial score (nSPS) is 10.9. The first kappa shape index (κ1) is 12.5. The Morgan fingerprint density at radius 1 is 1.40 bits per heavy atom. The Bertz CT molecular complexity index is 855. The molecule has 0 spiro atoms. The van der Waals surface area contributed by atoms with E-state index in [1.807, 2.05) is 0 Å². The summed E-state index contributed by atoms with van der Waals surface area (Å²) in [6.45, 7) is 0. The number of aromatic nitrogens is 4. The third-order valence-electron chi connectivity index (χ3n) is 2.89. The summed E-state index contributed by atoms with van der Waals surface area (Å²) in [6, 6.07) is 5.17. The number of ether oxygens (including phenoxy) is 1. The summed E-state index contributed by atoms with van der Waals surface area (Å²) in [5.41, 5.74) is 0.728. The molecule has 1 aromatic carbocycles. The molecule has 3 aromatic rings. The van der Waals surface area contributed by atoms with Gasteiger partial charge in [0.05, 0.1) is 24.0 Å². The van der Waals surface area contributed by atoms with Crippen molar-refractivity contribution in [1.82, 2.24) is 19.4 Å². The van der Waals surface area contributed by atoms with Crippen molar-refractivity contribution in [3.05, 3.63) is 46.1 Å². The van der Waals surface area contributed by atoms with Crippen LogP contribution in [-0.2, 0) is 0 Å². The van der Waals surface area contributed by atoms with Crippen molar-refractivity contribution in [2.45, 2.75) is 0 Å². The van der Waals surface area contributed by atoms with Gasteiger partial charge in [0.2, 0.25) is 0 Å². The minimum Gasteiger partial charge on any atom is -0.495 e. The fraction of sp³-hybridized carbons (Fsp3) is 0.0833.